The lowest BCUT2D eigenvalue weighted by atomic mass is 10.0. The number of carbonyl (C=O) groups is 2. The van der Waals surface area contributed by atoms with Gasteiger partial charge in [0, 0.05) is 49.4 Å². The van der Waals surface area contributed by atoms with Crippen molar-refractivity contribution in [2.75, 3.05) is 62.3 Å². The summed E-state index contributed by atoms with van der Waals surface area (Å²) in [5, 5.41) is 12.1. The maximum absolute atomic E-state index is 13.3. The van der Waals surface area contributed by atoms with Crippen LogP contribution in [0.4, 0.5) is 21.1 Å². The summed E-state index contributed by atoms with van der Waals surface area (Å²) < 4.78 is 23.5. The van der Waals surface area contributed by atoms with E-state index in [2.05, 4.69) is 52.3 Å². The van der Waals surface area contributed by atoms with E-state index in [1.54, 1.807) is 9.80 Å². The van der Waals surface area contributed by atoms with Crippen molar-refractivity contribution in [3.05, 3.63) is 89.6 Å². The molecule has 3 aliphatic rings. The Hall–Kier alpha value is -5.61. The lowest BCUT2D eigenvalue weighted by Gasteiger charge is -2.42. The highest BCUT2D eigenvalue weighted by Gasteiger charge is 2.35. The van der Waals surface area contributed by atoms with Gasteiger partial charge in [0.05, 0.1) is 43.9 Å². The molecule has 13 heteroatoms. The summed E-state index contributed by atoms with van der Waals surface area (Å²) in [6.07, 6.45) is -0.368. The fourth-order valence-corrected chi connectivity index (χ4v) is 7.25. The summed E-state index contributed by atoms with van der Waals surface area (Å²) in [4.78, 5) is 43.8. The quantitative estimate of drug-likeness (QED) is 0.213. The molecule has 0 spiro atoms. The van der Waals surface area contributed by atoms with Crippen LogP contribution < -0.4 is 14.5 Å². The van der Waals surface area contributed by atoms with Gasteiger partial charge >= 0.3 is 18.2 Å². The van der Waals surface area contributed by atoms with Crippen molar-refractivity contribution in [1.82, 2.24) is 19.8 Å². The van der Waals surface area contributed by atoms with E-state index < -0.39 is 23.8 Å². The third kappa shape index (κ3) is 8.60. The topological polar surface area (TPSA) is 134 Å². The standard InChI is InChI=1S/C41H47N7O6/c1-41(2,3)54-39(49)47-22-23-51-32(25-47)28-52-38-43-35-26-45(36-15-9-13-30-12-7-8-14-33(30)36)19-17-34(35)37(44-38)46-20-21-48(31(24-46)16-18-42)40(50)53-27-29-10-5-4-6-11-29/h4-15,31-32H,16-17,19-28H2,1-3H3/t31?,32-/m1/s1. The predicted octanol–water partition coefficient (Wildman–Crippen LogP) is 5.95. The van der Waals surface area contributed by atoms with E-state index in [1.807, 2.05) is 57.2 Å². The number of hydrogen-bond donors (Lipinski definition) is 0. The first-order valence-corrected chi connectivity index (χ1v) is 18.6. The molecule has 4 aromatic rings. The lowest BCUT2D eigenvalue weighted by molar-refractivity contribution is -0.0566. The number of rotatable bonds is 8. The smallest absolute Gasteiger partial charge is 0.410 e. The van der Waals surface area contributed by atoms with Gasteiger partial charge < -0.3 is 38.5 Å². The molecule has 4 heterocycles. The van der Waals surface area contributed by atoms with Crippen LogP contribution in [0.15, 0.2) is 72.8 Å². The van der Waals surface area contributed by atoms with E-state index in [0.29, 0.717) is 52.3 Å². The molecule has 3 aliphatic heterocycles. The molecule has 1 aromatic heterocycles. The van der Waals surface area contributed by atoms with Crippen LogP contribution in [-0.4, -0.2) is 102 Å². The monoisotopic (exact) mass is 733 g/mol. The van der Waals surface area contributed by atoms with Crippen molar-refractivity contribution in [2.45, 2.75) is 64.5 Å². The molecular weight excluding hydrogens is 686 g/mol. The molecule has 3 aromatic carbocycles. The number of morpholine rings is 1. The first-order chi connectivity index (χ1) is 26.1. The van der Waals surface area contributed by atoms with Gasteiger partial charge in [-0.3, -0.25) is 0 Å². The third-order valence-electron chi connectivity index (χ3n) is 9.87. The molecule has 2 atom stereocenters. The van der Waals surface area contributed by atoms with E-state index in [9.17, 15) is 14.9 Å². The van der Waals surface area contributed by atoms with Gasteiger partial charge in [0.1, 0.15) is 30.7 Å². The zero-order chi connectivity index (χ0) is 37.7. The second kappa shape index (κ2) is 16.2. The average molecular weight is 734 g/mol. The number of hydrogen-bond acceptors (Lipinski definition) is 11. The number of nitrogens with zero attached hydrogens (tertiary/aromatic N) is 7. The Kier molecular flexibility index (Phi) is 11.0. The average Bonchev–Trinajstić information content (AvgIpc) is 3.18. The summed E-state index contributed by atoms with van der Waals surface area (Å²) in [5.41, 5.74) is 3.32. The maximum Gasteiger partial charge on any atom is 0.410 e. The Labute approximate surface area is 316 Å². The zero-order valence-corrected chi connectivity index (χ0v) is 31.1. The minimum atomic E-state index is -0.602. The largest absolute Gasteiger partial charge is 0.461 e. The van der Waals surface area contributed by atoms with E-state index in [-0.39, 0.29) is 31.7 Å². The molecule has 54 heavy (non-hydrogen) atoms. The van der Waals surface area contributed by atoms with Crippen LogP contribution in [0.5, 0.6) is 6.01 Å². The molecule has 0 aliphatic carbocycles. The predicted molar refractivity (Wildman–Crippen MR) is 203 cm³/mol. The van der Waals surface area contributed by atoms with Crippen LogP contribution in [0.1, 0.15) is 44.0 Å². The molecule has 0 bridgehead atoms. The normalized spacial score (nSPS) is 18.9. The molecule has 2 amide bonds. The fraction of sp³-hybridized carbons (Fsp3) is 0.439. The van der Waals surface area contributed by atoms with E-state index in [1.165, 1.54) is 10.8 Å². The van der Waals surface area contributed by atoms with Crippen molar-refractivity contribution in [3.63, 3.8) is 0 Å². The third-order valence-corrected chi connectivity index (χ3v) is 9.87. The van der Waals surface area contributed by atoms with Gasteiger partial charge in [-0.2, -0.15) is 15.2 Å². The van der Waals surface area contributed by atoms with Crippen LogP contribution in [0.25, 0.3) is 10.8 Å². The number of anilines is 2. The van der Waals surface area contributed by atoms with Gasteiger partial charge in [-0.05, 0) is 44.2 Å². The molecule has 0 N–H and O–H groups in total. The molecule has 7 rings (SSSR count). The molecule has 1 unspecified atom stereocenters. The summed E-state index contributed by atoms with van der Waals surface area (Å²) >= 11 is 0. The van der Waals surface area contributed by atoms with Gasteiger partial charge in [0.2, 0.25) is 0 Å². The van der Waals surface area contributed by atoms with Crippen LogP contribution in [0, 0.1) is 11.3 Å². The molecule has 282 valence electrons. The highest BCUT2D eigenvalue weighted by Crippen LogP contribution is 2.35. The second-order valence-corrected chi connectivity index (χ2v) is 14.9. The number of amides is 2. The second-order valence-electron chi connectivity index (χ2n) is 14.9. The Bertz CT molecular complexity index is 1990. The number of piperazine rings is 1. The van der Waals surface area contributed by atoms with Crippen LogP contribution in [0.2, 0.25) is 0 Å². The minimum absolute atomic E-state index is 0.142. The molecular formula is C41H47N7O6. The van der Waals surface area contributed by atoms with E-state index in [0.717, 1.165) is 34.9 Å². The van der Waals surface area contributed by atoms with Gasteiger partial charge in [0.25, 0.3) is 0 Å². The number of nitriles is 1. The molecule has 0 radical (unpaired) electrons. The highest BCUT2D eigenvalue weighted by atomic mass is 16.6. The summed E-state index contributed by atoms with van der Waals surface area (Å²) in [6.45, 7) is 9.54. The summed E-state index contributed by atoms with van der Waals surface area (Å²) in [7, 11) is 0. The Morgan fingerprint density at radius 2 is 1.70 bits per heavy atom. The van der Waals surface area contributed by atoms with Crippen molar-refractivity contribution in [3.8, 4) is 12.1 Å². The summed E-state index contributed by atoms with van der Waals surface area (Å²) in [5.74, 6) is 0.743. The Balaban J connectivity index is 1.12. The Morgan fingerprint density at radius 1 is 0.907 bits per heavy atom. The fourth-order valence-electron chi connectivity index (χ4n) is 7.25. The van der Waals surface area contributed by atoms with Crippen molar-refractivity contribution < 1.29 is 28.5 Å². The number of ether oxygens (including phenoxy) is 4. The Morgan fingerprint density at radius 3 is 2.52 bits per heavy atom. The molecule has 0 saturated carbocycles. The SMILES string of the molecule is CC(C)(C)OC(=O)N1CCO[C@@H](COc2nc3c(c(N4CCN(C(=O)OCc5ccccc5)C(CC#N)C4)n2)CCN(c2cccc4ccccc24)C3)C1. The molecule has 2 saturated heterocycles. The van der Waals surface area contributed by atoms with E-state index in [4.69, 9.17) is 28.9 Å². The van der Waals surface area contributed by atoms with Crippen LogP contribution >= 0.6 is 0 Å². The summed E-state index contributed by atoms with van der Waals surface area (Å²) in [6, 6.07) is 26.4. The number of carbonyl (C=O) groups excluding carboxylic acids is 2. The lowest BCUT2D eigenvalue weighted by Crippen LogP contribution is -2.55. The van der Waals surface area contributed by atoms with E-state index >= 15 is 0 Å². The van der Waals surface area contributed by atoms with Crippen molar-refractivity contribution >= 4 is 34.5 Å². The minimum Gasteiger partial charge on any atom is -0.461 e. The zero-order valence-electron chi connectivity index (χ0n) is 31.1. The van der Waals surface area contributed by atoms with Crippen molar-refractivity contribution in [1.29, 1.82) is 5.26 Å². The first kappa shape index (κ1) is 36.7. The highest BCUT2D eigenvalue weighted by molar-refractivity contribution is 5.94. The number of fused-ring (bicyclic) bond motifs is 2. The van der Waals surface area contributed by atoms with Gasteiger partial charge in [-0.25, -0.2) is 9.59 Å². The number of aromatic nitrogens is 2. The molecule has 13 nitrogen and oxygen atoms in total. The van der Waals surface area contributed by atoms with Crippen LogP contribution in [-0.2, 0) is 33.8 Å². The maximum atomic E-state index is 13.3. The number of benzene rings is 3. The van der Waals surface area contributed by atoms with Crippen molar-refractivity contribution in [2.24, 2.45) is 0 Å². The molecule has 2 fully saturated rings. The van der Waals surface area contributed by atoms with Gasteiger partial charge in [-0.15, -0.1) is 0 Å². The first-order valence-electron chi connectivity index (χ1n) is 18.6. The van der Waals surface area contributed by atoms with Gasteiger partial charge in [0.15, 0.2) is 0 Å². The van der Waals surface area contributed by atoms with Crippen LogP contribution in [0.3, 0.4) is 0 Å². The van der Waals surface area contributed by atoms with Gasteiger partial charge in [-0.1, -0.05) is 66.7 Å².